The SMILES string of the molecule is Cc1cc(C(=O)NC2CCC(CNc3ncc(C)c(N(C)C)n3)CC2)ccc1Br. The maximum Gasteiger partial charge on any atom is 0.251 e. The van der Waals surface area contributed by atoms with E-state index in [4.69, 9.17) is 0 Å². The summed E-state index contributed by atoms with van der Waals surface area (Å²) in [6.45, 7) is 4.88. The average Bonchev–Trinajstić information content (AvgIpc) is 2.70. The van der Waals surface area contributed by atoms with E-state index in [9.17, 15) is 4.79 Å². The summed E-state index contributed by atoms with van der Waals surface area (Å²) in [5.41, 5.74) is 2.86. The van der Waals surface area contributed by atoms with Crippen LogP contribution >= 0.6 is 15.9 Å². The first kappa shape index (κ1) is 21.6. The third-order valence-electron chi connectivity index (χ3n) is 5.52. The van der Waals surface area contributed by atoms with Gasteiger partial charge in [0.05, 0.1) is 0 Å². The predicted octanol–water partition coefficient (Wildman–Crippen LogP) is 4.32. The van der Waals surface area contributed by atoms with E-state index in [-0.39, 0.29) is 11.9 Å². The van der Waals surface area contributed by atoms with Crippen molar-refractivity contribution in [2.24, 2.45) is 5.92 Å². The highest BCUT2D eigenvalue weighted by molar-refractivity contribution is 9.10. The Morgan fingerprint density at radius 1 is 1.17 bits per heavy atom. The molecule has 1 saturated carbocycles. The first-order valence-corrected chi connectivity index (χ1v) is 10.9. The molecule has 2 N–H and O–H groups in total. The van der Waals surface area contributed by atoms with Gasteiger partial charge in [-0.1, -0.05) is 15.9 Å². The summed E-state index contributed by atoms with van der Waals surface area (Å²) >= 11 is 3.48. The van der Waals surface area contributed by atoms with Crippen molar-refractivity contribution in [1.82, 2.24) is 15.3 Å². The molecule has 156 valence electrons. The van der Waals surface area contributed by atoms with Crippen LogP contribution in [0.25, 0.3) is 0 Å². The van der Waals surface area contributed by atoms with E-state index in [0.717, 1.165) is 59.2 Å². The first-order valence-electron chi connectivity index (χ1n) is 10.2. The molecule has 1 aromatic heterocycles. The van der Waals surface area contributed by atoms with E-state index in [1.54, 1.807) is 0 Å². The van der Waals surface area contributed by atoms with Gasteiger partial charge in [-0.3, -0.25) is 4.79 Å². The van der Waals surface area contributed by atoms with Gasteiger partial charge in [0.1, 0.15) is 5.82 Å². The number of hydrogen-bond acceptors (Lipinski definition) is 5. The number of amides is 1. The van der Waals surface area contributed by atoms with Gasteiger partial charge in [-0.05, 0) is 69.2 Å². The van der Waals surface area contributed by atoms with E-state index in [0.29, 0.717) is 11.9 Å². The highest BCUT2D eigenvalue weighted by Gasteiger charge is 2.23. The minimum absolute atomic E-state index is 0.0199. The lowest BCUT2D eigenvalue weighted by Gasteiger charge is -2.29. The van der Waals surface area contributed by atoms with Crippen LogP contribution < -0.4 is 15.5 Å². The van der Waals surface area contributed by atoms with Gasteiger partial charge in [-0.2, -0.15) is 4.98 Å². The molecule has 1 heterocycles. The van der Waals surface area contributed by atoms with Crippen LogP contribution in [0.4, 0.5) is 11.8 Å². The number of carbonyl (C=O) groups is 1. The third kappa shape index (κ3) is 5.69. The van der Waals surface area contributed by atoms with E-state index in [2.05, 4.69) is 36.5 Å². The molecule has 0 radical (unpaired) electrons. The second-order valence-electron chi connectivity index (χ2n) is 8.13. The second-order valence-corrected chi connectivity index (χ2v) is 8.98. The second kappa shape index (κ2) is 9.57. The van der Waals surface area contributed by atoms with Gasteiger partial charge in [0.15, 0.2) is 0 Å². The third-order valence-corrected chi connectivity index (χ3v) is 6.41. The summed E-state index contributed by atoms with van der Waals surface area (Å²) in [5.74, 6) is 2.22. The number of carbonyl (C=O) groups excluding carboxylic acids is 1. The van der Waals surface area contributed by atoms with Gasteiger partial charge in [0, 0.05) is 48.5 Å². The zero-order valence-corrected chi connectivity index (χ0v) is 19.2. The summed E-state index contributed by atoms with van der Waals surface area (Å²) < 4.78 is 1.03. The van der Waals surface area contributed by atoms with Crippen molar-refractivity contribution >= 4 is 33.6 Å². The molecule has 0 unspecified atom stereocenters. The molecular formula is C22H30BrN5O. The maximum atomic E-state index is 12.5. The number of benzene rings is 1. The topological polar surface area (TPSA) is 70.2 Å². The van der Waals surface area contributed by atoms with E-state index in [1.807, 2.05) is 57.2 Å². The Labute approximate surface area is 181 Å². The molecule has 0 saturated heterocycles. The lowest BCUT2D eigenvalue weighted by molar-refractivity contribution is 0.0922. The fraction of sp³-hybridized carbons (Fsp3) is 0.500. The van der Waals surface area contributed by atoms with Crippen LogP contribution in [-0.4, -0.2) is 42.6 Å². The quantitative estimate of drug-likeness (QED) is 0.672. The molecule has 29 heavy (non-hydrogen) atoms. The van der Waals surface area contributed by atoms with Crippen LogP contribution in [0.5, 0.6) is 0 Å². The van der Waals surface area contributed by atoms with Crippen molar-refractivity contribution in [3.8, 4) is 0 Å². The van der Waals surface area contributed by atoms with E-state index >= 15 is 0 Å². The monoisotopic (exact) mass is 459 g/mol. The standard InChI is InChI=1S/C22H30BrN5O/c1-14-11-17(7-10-19(14)23)21(29)26-18-8-5-16(6-9-18)13-25-22-24-12-15(2)20(27-22)28(3)4/h7,10-12,16,18H,5-6,8-9,13H2,1-4H3,(H,26,29)(H,24,25,27). The van der Waals surface area contributed by atoms with Crippen molar-refractivity contribution in [3.63, 3.8) is 0 Å². The van der Waals surface area contributed by atoms with Crippen LogP contribution in [0.1, 0.15) is 47.2 Å². The van der Waals surface area contributed by atoms with Crippen molar-refractivity contribution < 1.29 is 4.79 Å². The highest BCUT2D eigenvalue weighted by Crippen LogP contribution is 2.25. The summed E-state index contributed by atoms with van der Waals surface area (Å²) in [7, 11) is 3.98. The van der Waals surface area contributed by atoms with Gasteiger partial charge in [-0.25, -0.2) is 4.98 Å². The summed E-state index contributed by atoms with van der Waals surface area (Å²) in [6.07, 6.45) is 6.05. The van der Waals surface area contributed by atoms with Gasteiger partial charge >= 0.3 is 0 Å². The molecule has 0 bridgehead atoms. The Balaban J connectivity index is 1.46. The normalized spacial score (nSPS) is 18.9. The average molecular weight is 460 g/mol. The number of anilines is 2. The zero-order chi connectivity index (χ0) is 21.0. The van der Waals surface area contributed by atoms with Crippen LogP contribution in [0.3, 0.4) is 0 Å². The number of nitrogens with one attached hydrogen (secondary N) is 2. The zero-order valence-electron chi connectivity index (χ0n) is 17.6. The molecule has 3 rings (SSSR count). The van der Waals surface area contributed by atoms with E-state index in [1.165, 1.54) is 0 Å². The van der Waals surface area contributed by atoms with Crippen molar-refractivity contribution in [2.45, 2.75) is 45.6 Å². The Morgan fingerprint density at radius 2 is 1.90 bits per heavy atom. The minimum Gasteiger partial charge on any atom is -0.362 e. The highest BCUT2D eigenvalue weighted by atomic mass is 79.9. The largest absolute Gasteiger partial charge is 0.362 e. The van der Waals surface area contributed by atoms with Crippen LogP contribution in [0, 0.1) is 19.8 Å². The molecule has 1 aromatic carbocycles. The number of nitrogens with zero attached hydrogens (tertiary/aromatic N) is 3. The number of halogens is 1. The number of aromatic nitrogens is 2. The number of rotatable bonds is 6. The van der Waals surface area contributed by atoms with Crippen LogP contribution in [0.15, 0.2) is 28.9 Å². The molecule has 1 aliphatic carbocycles. The molecule has 0 spiro atoms. The summed E-state index contributed by atoms with van der Waals surface area (Å²) in [6, 6.07) is 5.98. The molecule has 1 aliphatic rings. The Hall–Kier alpha value is -2.15. The Kier molecular flexibility index (Phi) is 7.11. The van der Waals surface area contributed by atoms with Crippen molar-refractivity contribution in [3.05, 3.63) is 45.6 Å². The molecule has 7 heteroatoms. The molecule has 0 aliphatic heterocycles. The Morgan fingerprint density at radius 3 is 2.55 bits per heavy atom. The maximum absolute atomic E-state index is 12.5. The molecule has 6 nitrogen and oxygen atoms in total. The fourth-order valence-corrected chi connectivity index (χ4v) is 4.02. The van der Waals surface area contributed by atoms with Crippen LogP contribution in [-0.2, 0) is 0 Å². The minimum atomic E-state index is 0.0199. The molecule has 2 aromatic rings. The van der Waals surface area contributed by atoms with Gasteiger partial charge < -0.3 is 15.5 Å². The van der Waals surface area contributed by atoms with Gasteiger partial charge in [-0.15, -0.1) is 0 Å². The van der Waals surface area contributed by atoms with E-state index < -0.39 is 0 Å². The number of aryl methyl sites for hydroxylation is 2. The molecular weight excluding hydrogens is 430 g/mol. The molecule has 1 amide bonds. The Bertz CT molecular complexity index is 862. The summed E-state index contributed by atoms with van der Waals surface area (Å²) in [5, 5.41) is 6.59. The smallest absolute Gasteiger partial charge is 0.251 e. The van der Waals surface area contributed by atoms with Crippen molar-refractivity contribution in [1.29, 1.82) is 0 Å². The van der Waals surface area contributed by atoms with Gasteiger partial charge in [0.25, 0.3) is 5.91 Å². The van der Waals surface area contributed by atoms with Gasteiger partial charge in [0.2, 0.25) is 5.95 Å². The molecule has 0 atom stereocenters. The summed E-state index contributed by atoms with van der Waals surface area (Å²) in [4.78, 5) is 23.5. The van der Waals surface area contributed by atoms with Crippen LogP contribution in [0.2, 0.25) is 0 Å². The fourth-order valence-electron chi connectivity index (χ4n) is 3.77. The number of hydrogen-bond donors (Lipinski definition) is 2. The lowest BCUT2D eigenvalue weighted by atomic mass is 9.86. The lowest BCUT2D eigenvalue weighted by Crippen LogP contribution is -2.38. The molecule has 1 fully saturated rings. The predicted molar refractivity (Wildman–Crippen MR) is 122 cm³/mol. The first-order chi connectivity index (χ1) is 13.8. The van der Waals surface area contributed by atoms with Crippen molar-refractivity contribution in [2.75, 3.05) is 30.9 Å².